The number of hydrogen-bond donors (Lipinski definition) is 0. The van der Waals surface area contributed by atoms with E-state index in [1.165, 1.54) is 11.1 Å². The van der Waals surface area contributed by atoms with E-state index in [9.17, 15) is 16.8 Å². The Labute approximate surface area is 276 Å². The molecule has 1 fully saturated rings. The first-order chi connectivity index (χ1) is 22.0. The first-order valence-electron chi connectivity index (χ1n) is 16.4. The van der Waals surface area contributed by atoms with Crippen LogP contribution in [-0.2, 0) is 33.2 Å². The predicted molar refractivity (Wildman–Crippen MR) is 185 cm³/mol. The minimum atomic E-state index is -3.80. The summed E-state index contributed by atoms with van der Waals surface area (Å²) in [4.78, 5) is 4.55. The third-order valence-electron chi connectivity index (χ3n) is 9.31. The van der Waals surface area contributed by atoms with E-state index in [1.807, 2.05) is 74.4 Å². The summed E-state index contributed by atoms with van der Waals surface area (Å²) in [7, 11) is -3.74. The third-order valence-corrected chi connectivity index (χ3v) is 13.1. The van der Waals surface area contributed by atoms with Crippen molar-refractivity contribution >= 4 is 25.9 Å². The molecule has 9 nitrogen and oxygen atoms in total. The van der Waals surface area contributed by atoms with Gasteiger partial charge in [0.05, 0.1) is 4.90 Å². The van der Waals surface area contributed by atoms with E-state index in [0.717, 1.165) is 11.3 Å². The van der Waals surface area contributed by atoms with Crippen LogP contribution in [0, 0.1) is 5.92 Å². The van der Waals surface area contributed by atoms with Crippen LogP contribution in [0.25, 0.3) is 0 Å². The summed E-state index contributed by atoms with van der Waals surface area (Å²) < 4.78 is 61.4. The Bertz CT molecular complexity index is 1650. The van der Waals surface area contributed by atoms with Gasteiger partial charge in [0.2, 0.25) is 10.0 Å². The lowest BCUT2D eigenvalue weighted by molar-refractivity contribution is 0.181. The maximum absolute atomic E-state index is 14.2. The van der Waals surface area contributed by atoms with E-state index in [1.54, 1.807) is 25.0 Å². The second-order valence-corrected chi connectivity index (χ2v) is 16.8. The molecule has 0 aromatic heterocycles. The van der Waals surface area contributed by atoms with Crippen LogP contribution in [0.4, 0.5) is 5.69 Å². The van der Waals surface area contributed by atoms with Crippen molar-refractivity contribution in [3.8, 4) is 0 Å². The van der Waals surface area contributed by atoms with Crippen molar-refractivity contribution in [3.05, 3.63) is 95.6 Å². The van der Waals surface area contributed by atoms with E-state index in [4.69, 9.17) is 0 Å². The van der Waals surface area contributed by atoms with Gasteiger partial charge in [0.25, 0.3) is 10.2 Å². The molecule has 2 heterocycles. The van der Waals surface area contributed by atoms with Crippen molar-refractivity contribution < 1.29 is 16.8 Å². The summed E-state index contributed by atoms with van der Waals surface area (Å²) >= 11 is 0. The Morgan fingerprint density at radius 2 is 1.28 bits per heavy atom. The Morgan fingerprint density at radius 1 is 0.696 bits per heavy atom. The second kappa shape index (κ2) is 15.0. The number of anilines is 1. The first kappa shape index (κ1) is 34.5. The number of benzene rings is 3. The van der Waals surface area contributed by atoms with Gasteiger partial charge >= 0.3 is 0 Å². The minimum absolute atomic E-state index is 0.107. The Balaban J connectivity index is 1.43. The topological polar surface area (TPSA) is 84.5 Å². The van der Waals surface area contributed by atoms with Gasteiger partial charge in [-0.1, -0.05) is 61.5 Å². The highest BCUT2D eigenvalue weighted by molar-refractivity contribution is 7.89. The fourth-order valence-corrected chi connectivity index (χ4v) is 9.95. The monoisotopic (exact) mass is 667 g/mol. The molecule has 0 spiro atoms. The molecule has 11 heteroatoms. The van der Waals surface area contributed by atoms with E-state index in [-0.39, 0.29) is 29.9 Å². The minimum Gasteiger partial charge on any atom is -0.378 e. The lowest BCUT2D eigenvalue weighted by Crippen LogP contribution is -2.49. The van der Waals surface area contributed by atoms with E-state index >= 15 is 0 Å². The van der Waals surface area contributed by atoms with Crippen molar-refractivity contribution in [2.45, 2.75) is 50.6 Å². The van der Waals surface area contributed by atoms with Gasteiger partial charge in [-0.15, -0.1) is 0 Å². The molecule has 0 unspecified atom stereocenters. The molecule has 0 radical (unpaired) electrons. The molecule has 0 amide bonds. The zero-order valence-corrected chi connectivity index (χ0v) is 29.3. The van der Waals surface area contributed by atoms with Crippen molar-refractivity contribution in [1.82, 2.24) is 17.8 Å². The molecule has 0 bridgehead atoms. The number of rotatable bonds is 7. The quantitative estimate of drug-likeness (QED) is 0.359. The number of hydrogen-bond acceptors (Lipinski definition) is 6. The van der Waals surface area contributed by atoms with Crippen molar-refractivity contribution in [2.24, 2.45) is 5.92 Å². The first-order valence-corrected chi connectivity index (χ1v) is 19.2. The summed E-state index contributed by atoms with van der Waals surface area (Å²) in [5.74, 6) is -0.207. The van der Waals surface area contributed by atoms with Gasteiger partial charge in [0.15, 0.2) is 0 Å². The molecule has 250 valence electrons. The van der Waals surface area contributed by atoms with Gasteiger partial charge in [0, 0.05) is 65.1 Å². The van der Waals surface area contributed by atoms with Gasteiger partial charge in [-0.05, 0) is 86.1 Å². The van der Waals surface area contributed by atoms with Crippen molar-refractivity contribution in [1.29, 1.82) is 0 Å². The van der Waals surface area contributed by atoms with Crippen LogP contribution in [0.15, 0.2) is 83.8 Å². The lowest BCUT2D eigenvalue weighted by Gasteiger charge is -2.37. The maximum Gasteiger partial charge on any atom is 0.282 e. The van der Waals surface area contributed by atoms with E-state index < -0.39 is 20.2 Å². The molecular weight excluding hydrogens is 619 g/mol. The fraction of sp³-hybridized carbons (Fsp3) is 0.486. The van der Waals surface area contributed by atoms with Gasteiger partial charge in [-0.2, -0.15) is 21.3 Å². The highest BCUT2D eigenvalue weighted by Crippen LogP contribution is 2.27. The second-order valence-electron chi connectivity index (χ2n) is 12.9. The summed E-state index contributed by atoms with van der Waals surface area (Å²) in [6.07, 6.45) is 2.04. The summed E-state index contributed by atoms with van der Waals surface area (Å²) in [5, 5.41) is 0. The average Bonchev–Trinajstić information content (AvgIpc) is 3.05. The van der Waals surface area contributed by atoms with Crippen LogP contribution in [-0.4, -0.2) is 94.6 Å². The highest BCUT2D eigenvalue weighted by atomic mass is 32.2. The standard InChI is InChI=1S/C35H49N5O4S2/c1-29-26-38(45(41,42)35-18-16-34(17-19-35)36(3)4)23-10-21-37(30(2)31-12-6-5-7-13-31)22-11-24-39(27-29)46(43,44)40-25-20-32-14-8-9-15-33(32)28-40/h5-9,12-19,29-30H,10-11,20-28H2,1-4H3/t29-,30-/m0/s1. The van der Waals surface area contributed by atoms with Gasteiger partial charge in [0.1, 0.15) is 0 Å². The number of sulfonamides is 1. The molecule has 3 aromatic rings. The van der Waals surface area contributed by atoms with Crippen molar-refractivity contribution in [3.63, 3.8) is 0 Å². The van der Waals surface area contributed by atoms with Gasteiger partial charge < -0.3 is 4.90 Å². The molecule has 3 aromatic carbocycles. The van der Waals surface area contributed by atoms with E-state index in [0.29, 0.717) is 58.5 Å². The molecule has 0 aliphatic carbocycles. The molecule has 2 aliphatic heterocycles. The smallest absolute Gasteiger partial charge is 0.282 e. The molecule has 5 rings (SSSR count). The normalized spacial score (nSPS) is 21.1. The molecule has 1 saturated heterocycles. The molecule has 2 atom stereocenters. The summed E-state index contributed by atoms with van der Waals surface area (Å²) in [5.41, 5.74) is 4.35. The Kier molecular flexibility index (Phi) is 11.2. The lowest BCUT2D eigenvalue weighted by atomic mass is 10.0. The summed E-state index contributed by atoms with van der Waals surface area (Å²) in [6, 6.07) is 25.4. The average molecular weight is 668 g/mol. The molecular formula is C35H49N5O4S2. The zero-order chi connectivity index (χ0) is 32.9. The van der Waals surface area contributed by atoms with Crippen LogP contribution in [0.2, 0.25) is 0 Å². The molecule has 0 N–H and O–H groups in total. The predicted octanol–water partition coefficient (Wildman–Crippen LogP) is 4.84. The molecule has 46 heavy (non-hydrogen) atoms. The number of nitrogens with zero attached hydrogens (tertiary/aromatic N) is 5. The third kappa shape index (κ3) is 8.00. The number of fused-ring (bicyclic) bond motifs is 1. The van der Waals surface area contributed by atoms with Crippen LogP contribution in [0.5, 0.6) is 0 Å². The molecule has 2 aliphatic rings. The van der Waals surface area contributed by atoms with Crippen LogP contribution < -0.4 is 4.90 Å². The maximum atomic E-state index is 14.2. The SMILES string of the molecule is C[C@H]1CN(S(=O)(=O)c2ccc(N(C)C)cc2)CCCN([C@@H](C)c2ccccc2)CCCN(S(=O)(=O)N2CCc3ccccc3C2)C1. The van der Waals surface area contributed by atoms with Crippen LogP contribution in [0.3, 0.4) is 0 Å². The van der Waals surface area contributed by atoms with Crippen molar-refractivity contribution in [2.75, 3.05) is 64.8 Å². The largest absolute Gasteiger partial charge is 0.378 e. The van der Waals surface area contributed by atoms with Crippen LogP contribution >= 0.6 is 0 Å². The molecule has 0 saturated carbocycles. The van der Waals surface area contributed by atoms with E-state index in [2.05, 4.69) is 30.0 Å². The Hall–Kier alpha value is -2.80. The van der Waals surface area contributed by atoms with Gasteiger partial charge in [-0.25, -0.2) is 8.42 Å². The Morgan fingerprint density at radius 3 is 1.93 bits per heavy atom. The highest BCUT2D eigenvalue weighted by Gasteiger charge is 2.35. The summed E-state index contributed by atoms with van der Waals surface area (Å²) in [6.45, 7) is 7.54. The zero-order valence-electron chi connectivity index (χ0n) is 27.6. The van der Waals surface area contributed by atoms with Crippen LogP contribution in [0.1, 0.15) is 49.4 Å². The fourth-order valence-electron chi connectivity index (χ4n) is 6.60. The van der Waals surface area contributed by atoms with Gasteiger partial charge in [-0.3, -0.25) is 4.90 Å².